The number of rotatable bonds is 6. The highest BCUT2D eigenvalue weighted by atomic mass is 35.5. The lowest BCUT2D eigenvalue weighted by Gasteiger charge is -2.26. The summed E-state index contributed by atoms with van der Waals surface area (Å²) in [6, 6.07) is 7.32. The Kier molecular flexibility index (Phi) is 6.65. The van der Waals surface area contributed by atoms with Crippen LogP contribution in [0.2, 0.25) is 5.02 Å². The van der Waals surface area contributed by atoms with Crippen LogP contribution in [-0.4, -0.2) is 35.7 Å². The SMILES string of the molecule is Cc1ncc([C@H](c2ccccc2Cl)[C@@H](C)c2nc(C(=O)Nc3cnoc3)c(O)c(=O)n2C)nc1C. The van der Waals surface area contributed by atoms with E-state index in [9.17, 15) is 14.7 Å². The molecule has 0 fully saturated rings. The summed E-state index contributed by atoms with van der Waals surface area (Å²) in [5.74, 6) is -2.23. The van der Waals surface area contributed by atoms with Crippen LogP contribution < -0.4 is 10.9 Å². The van der Waals surface area contributed by atoms with E-state index in [-0.39, 0.29) is 11.5 Å². The van der Waals surface area contributed by atoms with Gasteiger partial charge in [0.05, 0.1) is 23.3 Å². The highest BCUT2D eigenvalue weighted by Gasteiger charge is 2.31. The third kappa shape index (κ3) is 4.65. The van der Waals surface area contributed by atoms with E-state index in [2.05, 4.69) is 20.4 Å². The number of aromatic nitrogens is 5. The van der Waals surface area contributed by atoms with Crippen LogP contribution in [0, 0.1) is 13.8 Å². The molecule has 0 saturated carbocycles. The summed E-state index contributed by atoms with van der Waals surface area (Å²) in [6.45, 7) is 5.58. The molecule has 10 nitrogen and oxygen atoms in total. The highest BCUT2D eigenvalue weighted by molar-refractivity contribution is 6.31. The maximum Gasteiger partial charge on any atom is 0.296 e. The van der Waals surface area contributed by atoms with Crippen molar-refractivity contribution in [3.63, 3.8) is 0 Å². The molecule has 4 rings (SSSR count). The van der Waals surface area contributed by atoms with Gasteiger partial charge in [-0.2, -0.15) is 0 Å². The molecule has 3 heterocycles. The molecule has 1 amide bonds. The predicted molar refractivity (Wildman–Crippen MR) is 129 cm³/mol. The number of nitrogens with one attached hydrogen (secondary N) is 1. The van der Waals surface area contributed by atoms with E-state index < -0.39 is 34.7 Å². The molecule has 2 N–H and O–H groups in total. The summed E-state index contributed by atoms with van der Waals surface area (Å²) in [5.41, 5.74) is 2.02. The summed E-state index contributed by atoms with van der Waals surface area (Å²) in [4.78, 5) is 39.3. The Labute approximate surface area is 205 Å². The number of carbonyl (C=O) groups is 1. The van der Waals surface area contributed by atoms with Crippen molar-refractivity contribution in [1.82, 2.24) is 24.7 Å². The quantitative estimate of drug-likeness (QED) is 0.414. The van der Waals surface area contributed by atoms with Gasteiger partial charge in [0.25, 0.3) is 11.5 Å². The van der Waals surface area contributed by atoms with Crippen LogP contribution >= 0.6 is 11.6 Å². The maximum atomic E-state index is 12.9. The Morgan fingerprint density at radius 1 is 1.17 bits per heavy atom. The number of hydrogen-bond donors (Lipinski definition) is 2. The first-order chi connectivity index (χ1) is 16.7. The number of benzene rings is 1. The molecule has 2 atom stereocenters. The molecule has 0 aliphatic carbocycles. The van der Waals surface area contributed by atoms with Crippen LogP contribution in [0.3, 0.4) is 0 Å². The Balaban J connectivity index is 1.86. The van der Waals surface area contributed by atoms with Crippen molar-refractivity contribution in [3.05, 3.63) is 92.5 Å². The molecule has 35 heavy (non-hydrogen) atoms. The van der Waals surface area contributed by atoms with Gasteiger partial charge in [-0.1, -0.05) is 41.9 Å². The first kappa shape index (κ1) is 24.1. The number of aryl methyl sites for hydroxylation is 2. The number of nitrogens with zero attached hydrogens (tertiary/aromatic N) is 5. The standard InChI is InChI=1S/C24H23ClN6O4/c1-12(19(16-7-5-6-8-17(16)25)18-10-26-13(2)14(3)28-18)22-30-20(21(32)24(34)31(22)4)23(33)29-15-9-27-35-11-15/h5-12,19,32H,1-4H3,(H,29,33)/t12-,19+/m1/s1. The topological polar surface area (TPSA) is 136 Å². The molecule has 0 saturated heterocycles. The fourth-order valence-corrected chi connectivity index (χ4v) is 4.15. The molecule has 3 aromatic heterocycles. The molecular formula is C24H23ClN6O4. The third-order valence-corrected chi connectivity index (χ3v) is 6.23. The average molecular weight is 495 g/mol. The highest BCUT2D eigenvalue weighted by Crippen LogP contribution is 2.39. The summed E-state index contributed by atoms with van der Waals surface area (Å²) in [6.07, 6.45) is 4.17. The Morgan fingerprint density at radius 2 is 1.91 bits per heavy atom. The van der Waals surface area contributed by atoms with Crippen molar-refractivity contribution in [1.29, 1.82) is 0 Å². The summed E-state index contributed by atoms with van der Waals surface area (Å²) >= 11 is 6.57. The van der Waals surface area contributed by atoms with Crippen molar-refractivity contribution < 1.29 is 14.4 Å². The maximum absolute atomic E-state index is 12.9. The van der Waals surface area contributed by atoms with E-state index in [0.29, 0.717) is 10.7 Å². The molecule has 0 unspecified atom stereocenters. The zero-order valence-corrected chi connectivity index (χ0v) is 20.2. The monoisotopic (exact) mass is 494 g/mol. The van der Waals surface area contributed by atoms with Gasteiger partial charge in [0.2, 0.25) is 5.75 Å². The number of amides is 1. The van der Waals surface area contributed by atoms with E-state index >= 15 is 0 Å². The van der Waals surface area contributed by atoms with Crippen molar-refractivity contribution in [3.8, 4) is 5.75 Å². The number of halogens is 1. The van der Waals surface area contributed by atoms with Crippen molar-refractivity contribution in [2.45, 2.75) is 32.6 Å². The van der Waals surface area contributed by atoms with Gasteiger partial charge in [-0.05, 0) is 25.5 Å². The van der Waals surface area contributed by atoms with Crippen molar-refractivity contribution in [2.75, 3.05) is 5.32 Å². The van der Waals surface area contributed by atoms with E-state index in [1.54, 1.807) is 12.3 Å². The molecule has 11 heteroatoms. The second kappa shape index (κ2) is 9.67. The predicted octanol–water partition coefficient (Wildman–Crippen LogP) is 3.72. The third-order valence-electron chi connectivity index (χ3n) is 5.88. The van der Waals surface area contributed by atoms with Gasteiger partial charge in [0.15, 0.2) is 5.69 Å². The lowest BCUT2D eigenvalue weighted by molar-refractivity contribution is 0.101. The van der Waals surface area contributed by atoms with Crippen LogP contribution in [0.25, 0.3) is 0 Å². The summed E-state index contributed by atoms with van der Waals surface area (Å²) in [5, 5.41) is 17.0. The van der Waals surface area contributed by atoms with E-state index in [0.717, 1.165) is 17.0 Å². The molecule has 4 aromatic rings. The molecule has 0 radical (unpaired) electrons. The molecule has 0 spiro atoms. The van der Waals surface area contributed by atoms with Crippen LogP contribution in [0.1, 0.15) is 57.7 Å². The minimum Gasteiger partial charge on any atom is -0.501 e. The Bertz CT molecular complexity index is 1450. The molecule has 1 aromatic carbocycles. The largest absolute Gasteiger partial charge is 0.501 e. The lowest BCUT2D eigenvalue weighted by Crippen LogP contribution is -2.29. The van der Waals surface area contributed by atoms with Crippen LogP contribution in [0.15, 0.2) is 52.2 Å². The summed E-state index contributed by atoms with van der Waals surface area (Å²) in [7, 11) is 1.48. The Morgan fingerprint density at radius 3 is 2.57 bits per heavy atom. The molecule has 0 aliphatic heterocycles. The minimum absolute atomic E-state index is 0.255. The number of hydrogen-bond acceptors (Lipinski definition) is 8. The first-order valence-electron chi connectivity index (χ1n) is 10.7. The molecule has 0 aliphatic rings. The summed E-state index contributed by atoms with van der Waals surface area (Å²) < 4.78 is 5.92. The van der Waals surface area contributed by atoms with E-state index in [4.69, 9.17) is 21.1 Å². The van der Waals surface area contributed by atoms with Gasteiger partial charge >= 0.3 is 0 Å². The Hall–Kier alpha value is -4.05. The van der Waals surface area contributed by atoms with Gasteiger partial charge in [-0.15, -0.1) is 0 Å². The zero-order valence-electron chi connectivity index (χ0n) is 19.5. The zero-order chi connectivity index (χ0) is 25.3. The van der Waals surface area contributed by atoms with Gasteiger partial charge < -0.3 is 14.9 Å². The second-order valence-corrected chi connectivity index (χ2v) is 8.56. The molecule has 0 bridgehead atoms. The first-order valence-corrected chi connectivity index (χ1v) is 11.1. The van der Waals surface area contributed by atoms with Gasteiger partial charge in [-0.3, -0.25) is 24.1 Å². The lowest BCUT2D eigenvalue weighted by atomic mass is 9.83. The number of anilines is 1. The van der Waals surface area contributed by atoms with Crippen molar-refractivity contribution in [2.24, 2.45) is 7.05 Å². The average Bonchev–Trinajstić information content (AvgIpc) is 3.34. The van der Waals surface area contributed by atoms with Crippen LogP contribution in [0.5, 0.6) is 5.75 Å². The minimum atomic E-state index is -0.780. The second-order valence-electron chi connectivity index (χ2n) is 8.15. The van der Waals surface area contributed by atoms with Gasteiger partial charge in [-0.25, -0.2) is 4.98 Å². The van der Waals surface area contributed by atoms with Crippen LogP contribution in [0.4, 0.5) is 5.69 Å². The van der Waals surface area contributed by atoms with E-state index in [1.165, 1.54) is 24.1 Å². The fraction of sp³-hybridized carbons (Fsp3) is 0.250. The molecule has 180 valence electrons. The fourth-order valence-electron chi connectivity index (χ4n) is 3.90. The van der Waals surface area contributed by atoms with Gasteiger partial charge in [0.1, 0.15) is 17.8 Å². The van der Waals surface area contributed by atoms with E-state index in [1.807, 2.05) is 39.0 Å². The smallest absolute Gasteiger partial charge is 0.296 e. The molecular weight excluding hydrogens is 472 g/mol. The van der Waals surface area contributed by atoms with Crippen LogP contribution in [-0.2, 0) is 7.05 Å². The normalized spacial score (nSPS) is 12.8. The number of aromatic hydroxyl groups is 1. The van der Waals surface area contributed by atoms with Crippen molar-refractivity contribution >= 4 is 23.2 Å². The number of carbonyl (C=O) groups excluding carboxylic acids is 1. The van der Waals surface area contributed by atoms with Gasteiger partial charge in [0, 0.05) is 30.1 Å².